The number of hydrogen-bond donors (Lipinski definition) is 3. The standard InChI is InChI=1S/C19H23N3O2.ClH/c1-13(16-10-15(20)7-8-17(16)21)22-18(19-11-23-12-24-19)9-14-5-3-2-4-6-14;/h2-8,10-11,13,18,22H,9,12,20-21H2,1H3;1H. The van der Waals surface area contributed by atoms with Crippen molar-refractivity contribution < 1.29 is 9.47 Å². The van der Waals surface area contributed by atoms with E-state index < -0.39 is 0 Å². The van der Waals surface area contributed by atoms with Gasteiger partial charge in [0, 0.05) is 17.4 Å². The van der Waals surface area contributed by atoms with Crippen molar-refractivity contribution in [2.75, 3.05) is 18.3 Å². The molecule has 2 atom stereocenters. The van der Waals surface area contributed by atoms with Crippen LogP contribution in [0.25, 0.3) is 0 Å². The van der Waals surface area contributed by atoms with Gasteiger partial charge in [0.25, 0.3) is 0 Å². The zero-order valence-electron chi connectivity index (χ0n) is 14.1. The highest BCUT2D eigenvalue weighted by atomic mass is 35.5. The first-order chi connectivity index (χ1) is 11.6. The molecule has 0 saturated carbocycles. The van der Waals surface area contributed by atoms with E-state index in [0.29, 0.717) is 5.69 Å². The molecule has 2 unspecified atom stereocenters. The molecule has 1 aliphatic heterocycles. The molecular formula is C19H24ClN3O2. The molecule has 3 rings (SSSR count). The summed E-state index contributed by atoms with van der Waals surface area (Å²) in [6.45, 7) is 2.33. The van der Waals surface area contributed by atoms with Gasteiger partial charge in [-0.2, -0.15) is 0 Å². The largest absolute Gasteiger partial charge is 0.462 e. The summed E-state index contributed by atoms with van der Waals surface area (Å²) in [4.78, 5) is 0. The summed E-state index contributed by atoms with van der Waals surface area (Å²) in [7, 11) is 0. The molecule has 1 aliphatic rings. The van der Waals surface area contributed by atoms with Crippen molar-refractivity contribution in [2.24, 2.45) is 0 Å². The number of nitrogen functional groups attached to an aromatic ring is 2. The molecule has 0 aromatic heterocycles. The molecule has 25 heavy (non-hydrogen) atoms. The van der Waals surface area contributed by atoms with E-state index >= 15 is 0 Å². The molecule has 0 bridgehead atoms. The minimum Gasteiger partial charge on any atom is -0.462 e. The number of hydrogen-bond acceptors (Lipinski definition) is 5. The van der Waals surface area contributed by atoms with Crippen LogP contribution in [-0.4, -0.2) is 12.8 Å². The lowest BCUT2D eigenvalue weighted by molar-refractivity contribution is 0.0727. The van der Waals surface area contributed by atoms with Crippen LogP contribution in [0.5, 0.6) is 0 Å². The van der Waals surface area contributed by atoms with Gasteiger partial charge in [0.2, 0.25) is 6.79 Å². The van der Waals surface area contributed by atoms with Gasteiger partial charge in [0.1, 0.15) is 6.26 Å². The van der Waals surface area contributed by atoms with Gasteiger partial charge in [0.05, 0.1) is 6.04 Å². The molecule has 0 radical (unpaired) electrons. The van der Waals surface area contributed by atoms with Crippen LogP contribution >= 0.6 is 12.4 Å². The maximum absolute atomic E-state index is 6.11. The summed E-state index contributed by atoms with van der Waals surface area (Å²) in [6.07, 6.45) is 2.47. The van der Waals surface area contributed by atoms with Crippen LogP contribution in [0.4, 0.5) is 11.4 Å². The van der Waals surface area contributed by atoms with Crippen molar-refractivity contribution in [1.82, 2.24) is 5.32 Å². The van der Waals surface area contributed by atoms with Gasteiger partial charge in [-0.1, -0.05) is 30.3 Å². The van der Waals surface area contributed by atoms with Gasteiger partial charge in [-0.3, -0.25) is 0 Å². The number of nitrogens with one attached hydrogen (secondary N) is 1. The Bertz CT molecular complexity index is 722. The molecule has 134 valence electrons. The third-order valence-electron chi connectivity index (χ3n) is 4.15. The van der Waals surface area contributed by atoms with Gasteiger partial charge in [-0.05, 0) is 42.7 Å². The second-order valence-electron chi connectivity index (χ2n) is 5.97. The Morgan fingerprint density at radius 3 is 2.56 bits per heavy atom. The predicted molar refractivity (Wildman–Crippen MR) is 103 cm³/mol. The van der Waals surface area contributed by atoms with Crippen LogP contribution in [0.1, 0.15) is 24.1 Å². The zero-order chi connectivity index (χ0) is 16.9. The van der Waals surface area contributed by atoms with E-state index in [4.69, 9.17) is 20.9 Å². The van der Waals surface area contributed by atoms with Crippen LogP contribution in [0, 0.1) is 0 Å². The quantitative estimate of drug-likeness (QED) is 0.687. The minimum atomic E-state index is -0.00858. The van der Waals surface area contributed by atoms with Gasteiger partial charge in [0.15, 0.2) is 5.76 Å². The fraction of sp³-hybridized carbons (Fsp3) is 0.263. The normalized spacial score (nSPS) is 15.3. The van der Waals surface area contributed by atoms with Crippen molar-refractivity contribution in [3.8, 4) is 0 Å². The number of anilines is 2. The van der Waals surface area contributed by atoms with Crippen molar-refractivity contribution in [3.05, 3.63) is 71.7 Å². The predicted octanol–water partition coefficient (Wildman–Crippen LogP) is 3.38. The summed E-state index contributed by atoms with van der Waals surface area (Å²) in [5, 5.41) is 3.58. The van der Waals surface area contributed by atoms with Crippen LogP contribution in [-0.2, 0) is 15.9 Å². The van der Waals surface area contributed by atoms with E-state index in [-0.39, 0.29) is 31.3 Å². The molecule has 6 heteroatoms. The lowest BCUT2D eigenvalue weighted by atomic mass is 10.0. The van der Waals surface area contributed by atoms with Gasteiger partial charge < -0.3 is 26.3 Å². The van der Waals surface area contributed by atoms with Gasteiger partial charge in [-0.25, -0.2) is 0 Å². The molecule has 0 fully saturated rings. The van der Waals surface area contributed by atoms with Gasteiger partial charge in [-0.15, -0.1) is 12.4 Å². The fourth-order valence-corrected chi connectivity index (χ4v) is 2.89. The van der Waals surface area contributed by atoms with E-state index in [9.17, 15) is 0 Å². The van der Waals surface area contributed by atoms with E-state index in [1.165, 1.54) is 5.56 Å². The molecule has 0 aliphatic carbocycles. The third kappa shape index (κ3) is 4.81. The van der Waals surface area contributed by atoms with Crippen molar-refractivity contribution in [1.29, 1.82) is 0 Å². The van der Waals surface area contributed by atoms with Crippen LogP contribution in [0.15, 0.2) is 60.6 Å². The monoisotopic (exact) mass is 361 g/mol. The molecule has 2 aromatic rings. The van der Waals surface area contributed by atoms with E-state index in [2.05, 4.69) is 24.4 Å². The molecule has 0 spiro atoms. The van der Waals surface area contributed by atoms with Crippen molar-refractivity contribution >= 4 is 23.8 Å². The zero-order valence-corrected chi connectivity index (χ0v) is 15.0. The summed E-state index contributed by atoms with van der Waals surface area (Å²) < 4.78 is 10.8. The summed E-state index contributed by atoms with van der Waals surface area (Å²) in [5.74, 6) is 0.799. The van der Waals surface area contributed by atoms with Crippen molar-refractivity contribution in [3.63, 3.8) is 0 Å². The summed E-state index contributed by atoms with van der Waals surface area (Å²) >= 11 is 0. The molecule has 2 aromatic carbocycles. The minimum absolute atomic E-state index is 0. The molecular weight excluding hydrogens is 338 g/mol. The Morgan fingerprint density at radius 2 is 1.88 bits per heavy atom. The van der Waals surface area contributed by atoms with E-state index in [1.54, 1.807) is 6.26 Å². The highest BCUT2D eigenvalue weighted by molar-refractivity contribution is 5.85. The SMILES string of the molecule is CC(NC(Cc1ccccc1)C1=COCO1)c1cc(N)ccc1N.Cl. The third-order valence-corrected chi connectivity index (χ3v) is 4.15. The Balaban J connectivity index is 0.00000225. The highest BCUT2D eigenvalue weighted by Crippen LogP contribution is 2.25. The number of ether oxygens (including phenoxy) is 2. The first-order valence-electron chi connectivity index (χ1n) is 8.03. The van der Waals surface area contributed by atoms with Crippen LogP contribution < -0.4 is 16.8 Å². The fourth-order valence-electron chi connectivity index (χ4n) is 2.89. The topological polar surface area (TPSA) is 82.5 Å². The first kappa shape index (κ1) is 19.0. The smallest absolute Gasteiger partial charge is 0.229 e. The number of halogens is 1. The number of nitrogens with two attached hydrogens (primary N) is 2. The van der Waals surface area contributed by atoms with Gasteiger partial charge >= 0.3 is 0 Å². The molecule has 5 N–H and O–H groups in total. The van der Waals surface area contributed by atoms with E-state index in [0.717, 1.165) is 23.4 Å². The van der Waals surface area contributed by atoms with Crippen molar-refractivity contribution in [2.45, 2.75) is 25.4 Å². The maximum atomic E-state index is 6.11. The van der Waals surface area contributed by atoms with E-state index in [1.807, 2.05) is 36.4 Å². The molecule has 1 heterocycles. The lowest BCUT2D eigenvalue weighted by Gasteiger charge is -2.24. The maximum Gasteiger partial charge on any atom is 0.229 e. The Morgan fingerprint density at radius 1 is 1.12 bits per heavy atom. The number of benzene rings is 2. The average Bonchev–Trinajstić information content (AvgIpc) is 3.12. The summed E-state index contributed by atoms with van der Waals surface area (Å²) in [5.41, 5.74) is 15.6. The Hall–Kier alpha value is -2.37. The Labute approximate surface area is 154 Å². The first-order valence-corrected chi connectivity index (χ1v) is 8.03. The summed E-state index contributed by atoms with van der Waals surface area (Å²) in [6, 6.07) is 15.8. The van der Waals surface area contributed by atoms with Crippen LogP contribution in [0.3, 0.4) is 0 Å². The molecule has 0 amide bonds. The average molecular weight is 362 g/mol. The second kappa shape index (κ2) is 8.65. The van der Waals surface area contributed by atoms with Crippen LogP contribution in [0.2, 0.25) is 0 Å². The lowest BCUT2D eigenvalue weighted by Crippen LogP contribution is -2.35. The second-order valence-corrected chi connectivity index (χ2v) is 5.97. The molecule has 5 nitrogen and oxygen atoms in total. The highest BCUT2D eigenvalue weighted by Gasteiger charge is 2.23. The molecule has 0 saturated heterocycles. The Kier molecular flexibility index (Phi) is 6.56. The number of rotatable bonds is 6.